The van der Waals surface area contributed by atoms with Crippen molar-refractivity contribution in [3.63, 3.8) is 0 Å². The molecule has 0 saturated carbocycles. The zero-order valence-electron chi connectivity index (χ0n) is 24.0. The van der Waals surface area contributed by atoms with Gasteiger partial charge in [-0.2, -0.15) is 0 Å². The molecule has 0 heterocycles. The molecular weight excluding hydrogens is 528 g/mol. The second-order valence-corrected chi connectivity index (χ2v) is 9.93. The highest BCUT2D eigenvalue weighted by molar-refractivity contribution is 6.12. The summed E-state index contributed by atoms with van der Waals surface area (Å²) >= 11 is 0. The zero-order chi connectivity index (χ0) is 30.8. The molecule has 0 aliphatic heterocycles. The number of rotatable bonds is 6. The first-order chi connectivity index (χ1) is 20.3. The lowest BCUT2D eigenvalue weighted by atomic mass is 9.90. The first kappa shape index (κ1) is 31.8. The Morgan fingerprint density at radius 3 is 1.10 bits per heavy atom. The molecule has 0 radical (unpaired) electrons. The molecule has 214 valence electrons. The second-order valence-electron chi connectivity index (χ2n) is 9.93. The molecule has 0 atom stereocenters. The van der Waals surface area contributed by atoms with E-state index in [4.69, 9.17) is 21.0 Å². The van der Waals surface area contributed by atoms with Crippen LogP contribution in [0.4, 0.5) is 0 Å². The highest BCUT2D eigenvalue weighted by atomic mass is 17.0. The van der Waals surface area contributed by atoms with Crippen LogP contribution in [0.25, 0.3) is 22.3 Å². The Kier molecular flexibility index (Phi) is 11.2. The predicted octanol–water partition coefficient (Wildman–Crippen LogP) is 8.75. The van der Waals surface area contributed by atoms with Crippen LogP contribution in [0.3, 0.4) is 0 Å². The van der Waals surface area contributed by atoms with Gasteiger partial charge in [0.1, 0.15) is 0 Å². The summed E-state index contributed by atoms with van der Waals surface area (Å²) in [6.07, 6.45) is 0. The van der Waals surface area contributed by atoms with E-state index >= 15 is 0 Å². The van der Waals surface area contributed by atoms with Crippen LogP contribution in [-0.2, 0) is 0 Å². The van der Waals surface area contributed by atoms with Crippen LogP contribution < -0.4 is 0 Å². The number of ketones is 2. The molecule has 0 unspecified atom stereocenters. The minimum atomic E-state index is 0.0384. The highest BCUT2D eigenvalue weighted by Crippen LogP contribution is 2.30. The van der Waals surface area contributed by atoms with Crippen LogP contribution in [0.5, 0.6) is 0 Å². The molecule has 5 aromatic carbocycles. The molecular formula is C36H34O6. The third kappa shape index (κ3) is 6.94. The van der Waals surface area contributed by atoms with E-state index in [9.17, 15) is 9.59 Å². The van der Waals surface area contributed by atoms with E-state index < -0.39 is 0 Å². The average molecular weight is 563 g/mol. The van der Waals surface area contributed by atoms with E-state index in [2.05, 4.69) is 30.3 Å². The van der Waals surface area contributed by atoms with E-state index in [0.29, 0.717) is 11.1 Å². The number of carbonyl (C=O) groups excluding carboxylic acids is 2. The second kappa shape index (κ2) is 14.8. The third-order valence-electron chi connectivity index (χ3n) is 7.27. The maximum atomic E-state index is 13.4. The topological polar surface area (TPSA) is 115 Å². The van der Waals surface area contributed by atoms with Gasteiger partial charge in [-0.05, 0) is 90.4 Å². The van der Waals surface area contributed by atoms with Gasteiger partial charge in [0.25, 0.3) is 0 Å². The van der Waals surface area contributed by atoms with Gasteiger partial charge in [0.15, 0.2) is 11.6 Å². The maximum absolute atomic E-state index is 13.4. The fourth-order valence-electron chi connectivity index (χ4n) is 4.92. The summed E-state index contributed by atoms with van der Waals surface area (Å²) in [5.74, 6) is 0.0768. The molecule has 0 spiro atoms. The fourth-order valence-corrected chi connectivity index (χ4v) is 4.92. The summed E-state index contributed by atoms with van der Waals surface area (Å²) in [5, 5.41) is 24.0. The summed E-state index contributed by atoms with van der Waals surface area (Å²) in [5.41, 5.74) is 10.7. The molecule has 5 aromatic rings. The van der Waals surface area contributed by atoms with Crippen molar-refractivity contribution in [3.05, 3.63) is 154 Å². The minimum Gasteiger partial charge on any atom is -0.289 e. The largest absolute Gasteiger partial charge is 0.289 e. The molecule has 6 nitrogen and oxygen atoms in total. The summed E-state index contributed by atoms with van der Waals surface area (Å²) < 4.78 is 0. The lowest BCUT2D eigenvalue weighted by Crippen LogP contribution is -2.06. The van der Waals surface area contributed by atoms with Crippen LogP contribution in [0, 0.1) is 27.7 Å². The Morgan fingerprint density at radius 2 is 0.714 bits per heavy atom. The number of hydrogen-bond acceptors (Lipinski definition) is 6. The minimum absolute atomic E-state index is 0.0384. The Balaban J connectivity index is 0.00000116. The van der Waals surface area contributed by atoms with Crippen molar-refractivity contribution in [2.45, 2.75) is 27.7 Å². The van der Waals surface area contributed by atoms with Gasteiger partial charge in [0.2, 0.25) is 0 Å². The van der Waals surface area contributed by atoms with Crippen LogP contribution in [-0.4, -0.2) is 32.6 Å². The zero-order valence-corrected chi connectivity index (χ0v) is 24.0. The van der Waals surface area contributed by atoms with Crippen molar-refractivity contribution in [1.82, 2.24) is 0 Å². The fraction of sp³-hybridized carbons (Fsp3) is 0.111. The Bertz CT molecular complexity index is 1580. The molecule has 0 saturated heterocycles. The molecule has 0 amide bonds. The molecule has 6 heteroatoms. The maximum Gasteiger partial charge on any atom is 0.193 e. The lowest BCUT2D eigenvalue weighted by Gasteiger charge is -2.13. The molecule has 42 heavy (non-hydrogen) atoms. The predicted molar refractivity (Wildman–Crippen MR) is 167 cm³/mol. The third-order valence-corrected chi connectivity index (χ3v) is 7.27. The van der Waals surface area contributed by atoms with Crippen molar-refractivity contribution < 1.29 is 30.6 Å². The van der Waals surface area contributed by atoms with E-state index in [1.165, 1.54) is 0 Å². The monoisotopic (exact) mass is 562 g/mol. The van der Waals surface area contributed by atoms with E-state index in [1.807, 2.05) is 107 Å². The van der Waals surface area contributed by atoms with Crippen molar-refractivity contribution in [2.24, 2.45) is 0 Å². The summed E-state index contributed by atoms with van der Waals surface area (Å²) in [6, 6.07) is 35.8. The number of aryl methyl sites for hydroxylation is 4. The Labute approximate surface area is 245 Å². The SMILES string of the molecule is Cc1ccccc1C(=O)c1cc(-c2cccc(-c3ccc(C)c(C(=O)c4ccccc4C)c3)c2)ccc1C.OO.OO. The molecule has 5 rings (SSSR count). The Morgan fingerprint density at radius 1 is 0.381 bits per heavy atom. The molecule has 0 aliphatic rings. The van der Waals surface area contributed by atoms with Crippen molar-refractivity contribution in [2.75, 3.05) is 0 Å². The van der Waals surface area contributed by atoms with E-state index in [-0.39, 0.29) is 11.6 Å². The van der Waals surface area contributed by atoms with Gasteiger partial charge < -0.3 is 0 Å². The van der Waals surface area contributed by atoms with E-state index in [1.54, 1.807) is 0 Å². The van der Waals surface area contributed by atoms with Gasteiger partial charge in [0.05, 0.1) is 0 Å². The van der Waals surface area contributed by atoms with Crippen LogP contribution >= 0.6 is 0 Å². The first-order valence-electron chi connectivity index (χ1n) is 13.3. The molecule has 0 aliphatic carbocycles. The first-order valence-corrected chi connectivity index (χ1v) is 13.3. The Hall–Kier alpha value is -4.72. The van der Waals surface area contributed by atoms with Crippen molar-refractivity contribution in [1.29, 1.82) is 0 Å². The van der Waals surface area contributed by atoms with E-state index in [0.717, 1.165) is 55.6 Å². The summed E-state index contributed by atoms with van der Waals surface area (Å²) in [4.78, 5) is 26.8. The standard InChI is InChI=1S/C36H30O2.2H2O2/c1-23-10-5-7-14-31(23)35(37)33-21-29(18-16-25(33)3)27-12-9-13-28(20-27)30-19-17-26(4)34(22-30)36(38)32-15-8-6-11-24(32)2;2*1-2/h5-22H,1-4H3;2*1-2H. The molecule has 4 N–H and O–H groups in total. The van der Waals surface area contributed by atoms with Crippen LogP contribution in [0.15, 0.2) is 109 Å². The van der Waals surface area contributed by atoms with Gasteiger partial charge >= 0.3 is 0 Å². The van der Waals surface area contributed by atoms with Gasteiger partial charge in [0, 0.05) is 22.3 Å². The summed E-state index contributed by atoms with van der Waals surface area (Å²) in [7, 11) is 0. The molecule has 0 fully saturated rings. The number of benzene rings is 5. The lowest BCUT2D eigenvalue weighted by molar-refractivity contribution is -0.176. The highest BCUT2D eigenvalue weighted by Gasteiger charge is 2.17. The summed E-state index contributed by atoms with van der Waals surface area (Å²) in [6.45, 7) is 7.89. The molecule has 0 bridgehead atoms. The van der Waals surface area contributed by atoms with Crippen molar-refractivity contribution in [3.8, 4) is 22.3 Å². The quantitative estimate of drug-likeness (QED) is 0.0934. The normalized spacial score (nSPS) is 10.1. The average Bonchev–Trinajstić information content (AvgIpc) is 3.03. The van der Waals surface area contributed by atoms with Gasteiger partial charge in [-0.15, -0.1) is 0 Å². The number of carbonyl (C=O) groups is 2. The van der Waals surface area contributed by atoms with Gasteiger partial charge in [-0.1, -0.05) is 91.0 Å². The van der Waals surface area contributed by atoms with Gasteiger partial charge in [-0.25, -0.2) is 0 Å². The van der Waals surface area contributed by atoms with Crippen molar-refractivity contribution >= 4 is 11.6 Å². The van der Waals surface area contributed by atoms with Gasteiger partial charge in [-0.3, -0.25) is 30.6 Å². The van der Waals surface area contributed by atoms with Crippen LogP contribution in [0.1, 0.15) is 54.1 Å². The molecule has 0 aromatic heterocycles. The smallest absolute Gasteiger partial charge is 0.193 e. The van der Waals surface area contributed by atoms with Crippen LogP contribution in [0.2, 0.25) is 0 Å². The number of hydrogen-bond donors (Lipinski definition) is 4.